The molecule has 1 aromatic heterocycles. The average molecular weight is 358 g/mol. The highest BCUT2D eigenvalue weighted by molar-refractivity contribution is 5.94. The summed E-state index contributed by atoms with van der Waals surface area (Å²) in [5.74, 6) is 1.35. The molecule has 2 aromatic rings. The van der Waals surface area contributed by atoms with E-state index in [0.29, 0.717) is 23.6 Å². The number of nitrogens with zero attached hydrogens (tertiary/aromatic N) is 2. The van der Waals surface area contributed by atoms with Gasteiger partial charge in [-0.15, -0.1) is 24.8 Å². The maximum absolute atomic E-state index is 12.2. The molecular weight excluding hydrogens is 337 g/mol. The van der Waals surface area contributed by atoms with Gasteiger partial charge in [-0.05, 0) is 43.4 Å². The van der Waals surface area contributed by atoms with Crippen LogP contribution in [0.1, 0.15) is 10.4 Å². The Morgan fingerprint density at radius 2 is 1.87 bits per heavy atom. The fourth-order valence-corrected chi connectivity index (χ4v) is 1.81. The summed E-state index contributed by atoms with van der Waals surface area (Å²) in [6, 6.07) is 10.7. The standard InChI is InChI=1S/C16H19N3O2.2ClH/c1-17-10-11-19(2)16(20)13-5-7-14(8-6-13)21-15-4-3-9-18-12-15;;/h3-9,12,17H,10-11H2,1-2H3;2*1H. The number of hydrogen-bond donors (Lipinski definition) is 1. The number of carbonyl (C=O) groups excluding carboxylic acids is 1. The molecule has 0 unspecified atom stereocenters. The maximum Gasteiger partial charge on any atom is 0.253 e. The summed E-state index contributed by atoms with van der Waals surface area (Å²) in [5.41, 5.74) is 0.645. The smallest absolute Gasteiger partial charge is 0.253 e. The summed E-state index contributed by atoms with van der Waals surface area (Å²) in [6.45, 7) is 1.44. The number of carbonyl (C=O) groups is 1. The Bertz CT molecular complexity index is 580. The van der Waals surface area contributed by atoms with Crippen molar-refractivity contribution in [3.8, 4) is 11.5 Å². The number of rotatable bonds is 6. The van der Waals surface area contributed by atoms with Gasteiger partial charge in [-0.3, -0.25) is 9.78 Å². The van der Waals surface area contributed by atoms with E-state index in [-0.39, 0.29) is 30.7 Å². The van der Waals surface area contributed by atoms with E-state index in [9.17, 15) is 4.79 Å². The van der Waals surface area contributed by atoms with Crippen LogP contribution >= 0.6 is 24.8 Å². The normalized spacial score (nSPS) is 9.30. The van der Waals surface area contributed by atoms with E-state index in [2.05, 4.69) is 10.3 Å². The first-order chi connectivity index (χ1) is 10.2. The van der Waals surface area contributed by atoms with Crippen molar-refractivity contribution >= 4 is 30.7 Å². The summed E-state index contributed by atoms with van der Waals surface area (Å²) >= 11 is 0. The molecule has 1 heterocycles. The molecule has 0 atom stereocenters. The number of pyridine rings is 1. The third-order valence-corrected chi connectivity index (χ3v) is 3.02. The highest BCUT2D eigenvalue weighted by atomic mass is 35.5. The third-order valence-electron chi connectivity index (χ3n) is 3.02. The van der Waals surface area contributed by atoms with Crippen LogP contribution in [0.15, 0.2) is 48.8 Å². The molecule has 0 aliphatic carbocycles. The molecule has 0 saturated heterocycles. The number of halogens is 2. The van der Waals surface area contributed by atoms with Crippen LogP contribution in [0.25, 0.3) is 0 Å². The van der Waals surface area contributed by atoms with Gasteiger partial charge in [0.15, 0.2) is 0 Å². The minimum absolute atomic E-state index is 0. The predicted octanol–water partition coefficient (Wildman–Crippen LogP) is 3.01. The molecule has 0 fully saturated rings. The van der Waals surface area contributed by atoms with Gasteiger partial charge in [0.2, 0.25) is 0 Å². The van der Waals surface area contributed by atoms with Gasteiger partial charge in [-0.2, -0.15) is 0 Å². The topological polar surface area (TPSA) is 54.5 Å². The second-order valence-corrected chi connectivity index (χ2v) is 4.65. The van der Waals surface area contributed by atoms with Crippen molar-refractivity contribution in [3.05, 3.63) is 54.4 Å². The Kier molecular flexibility index (Phi) is 9.97. The molecule has 0 aliphatic heterocycles. The Balaban J connectivity index is 0.00000242. The fourth-order valence-electron chi connectivity index (χ4n) is 1.81. The lowest BCUT2D eigenvalue weighted by atomic mass is 10.2. The van der Waals surface area contributed by atoms with Crippen LogP contribution < -0.4 is 10.1 Å². The molecule has 126 valence electrons. The fraction of sp³-hybridized carbons (Fsp3) is 0.250. The Morgan fingerprint density at radius 3 is 2.43 bits per heavy atom. The summed E-state index contributed by atoms with van der Waals surface area (Å²) in [7, 11) is 3.66. The number of nitrogens with one attached hydrogen (secondary N) is 1. The van der Waals surface area contributed by atoms with Crippen LogP contribution in [-0.4, -0.2) is 43.0 Å². The van der Waals surface area contributed by atoms with Gasteiger partial charge in [0.1, 0.15) is 11.5 Å². The van der Waals surface area contributed by atoms with Crippen molar-refractivity contribution in [3.63, 3.8) is 0 Å². The number of amides is 1. The molecular formula is C16H21Cl2N3O2. The van der Waals surface area contributed by atoms with E-state index in [1.807, 2.05) is 19.2 Å². The lowest BCUT2D eigenvalue weighted by Gasteiger charge is -2.17. The summed E-state index contributed by atoms with van der Waals surface area (Å²) in [5, 5.41) is 3.02. The zero-order valence-electron chi connectivity index (χ0n) is 13.1. The second kappa shape index (κ2) is 10.8. The number of likely N-dealkylation sites (N-methyl/N-ethyl adjacent to an activating group) is 2. The highest BCUT2D eigenvalue weighted by Crippen LogP contribution is 2.20. The minimum atomic E-state index is -0.00169. The molecule has 0 saturated carbocycles. The van der Waals surface area contributed by atoms with E-state index >= 15 is 0 Å². The zero-order valence-corrected chi connectivity index (χ0v) is 14.7. The molecule has 1 N–H and O–H groups in total. The predicted molar refractivity (Wildman–Crippen MR) is 96.1 cm³/mol. The molecule has 2 rings (SSSR count). The van der Waals surface area contributed by atoms with Gasteiger partial charge < -0.3 is 15.0 Å². The molecule has 23 heavy (non-hydrogen) atoms. The molecule has 0 aliphatic rings. The Labute approximate surface area is 148 Å². The van der Waals surface area contributed by atoms with Crippen molar-refractivity contribution in [1.29, 1.82) is 0 Å². The summed E-state index contributed by atoms with van der Waals surface area (Å²) < 4.78 is 5.64. The Hall–Kier alpha value is -1.82. The van der Waals surface area contributed by atoms with Crippen molar-refractivity contribution < 1.29 is 9.53 Å². The van der Waals surface area contributed by atoms with Crippen LogP contribution in [-0.2, 0) is 0 Å². The van der Waals surface area contributed by atoms with E-state index < -0.39 is 0 Å². The van der Waals surface area contributed by atoms with Gasteiger partial charge in [0.25, 0.3) is 5.91 Å². The Morgan fingerprint density at radius 1 is 1.17 bits per heavy atom. The van der Waals surface area contributed by atoms with Crippen LogP contribution in [0.4, 0.5) is 0 Å². The molecule has 1 aromatic carbocycles. The largest absolute Gasteiger partial charge is 0.456 e. The van der Waals surface area contributed by atoms with Crippen LogP contribution in [0.3, 0.4) is 0 Å². The molecule has 0 bridgehead atoms. The first-order valence-electron chi connectivity index (χ1n) is 6.78. The van der Waals surface area contributed by atoms with E-state index in [1.165, 1.54) is 0 Å². The molecule has 5 nitrogen and oxygen atoms in total. The lowest BCUT2D eigenvalue weighted by Crippen LogP contribution is -2.32. The van der Waals surface area contributed by atoms with Gasteiger partial charge in [-0.25, -0.2) is 0 Å². The zero-order chi connectivity index (χ0) is 15.1. The number of benzene rings is 1. The molecule has 0 spiro atoms. The van der Waals surface area contributed by atoms with Crippen LogP contribution in [0, 0.1) is 0 Å². The van der Waals surface area contributed by atoms with Crippen LogP contribution in [0.5, 0.6) is 11.5 Å². The summed E-state index contributed by atoms with van der Waals surface area (Å²) in [6.07, 6.45) is 3.33. The van der Waals surface area contributed by atoms with Crippen molar-refractivity contribution in [2.75, 3.05) is 27.2 Å². The first kappa shape index (κ1) is 21.2. The van der Waals surface area contributed by atoms with Gasteiger partial charge in [-0.1, -0.05) is 0 Å². The lowest BCUT2D eigenvalue weighted by molar-refractivity contribution is 0.0797. The molecule has 1 amide bonds. The molecule has 0 radical (unpaired) electrons. The van der Waals surface area contributed by atoms with Gasteiger partial charge >= 0.3 is 0 Å². The monoisotopic (exact) mass is 357 g/mol. The number of ether oxygens (including phenoxy) is 1. The maximum atomic E-state index is 12.2. The van der Waals surface area contributed by atoms with Crippen molar-refractivity contribution in [2.24, 2.45) is 0 Å². The van der Waals surface area contributed by atoms with Crippen molar-refractivity contribution in [1.82, 2.24) is 15.2 Å². The number of aromatic nitrogens is 1. The van der Waals surface area contributed by atoms with Crippen LogP contribution in [0.2, 0.25) is 0 Å². The van der Waals surface area contributed by atoms with E-state index in [0.717, 1.165) is 6.54 Å². The SMILES string of the molecule is CNCCN(C)C(=O)c1ccc(Oc2cccnc2)cc1.Cl.Cl. The highest BCUT2D eigenvalue weighted by Gasteiger charge is 2.11. The molecule has 7 heteroatoms. The minimum Gasteiger partial charge on any atom is -0.456 e. The second-order valence-electron chi connectivity index (χ2n) is 4.65. The van der Waals surface area contributed by atoms with Gasteiger partial charge in [0, 0.05) is 31.9 Å². The van der Waals surface area contributed by atoms with Crippen molar-refractivity contribution in [2.45, 2.75) is 0 Å². The third kappa shape index (κ3) is 6.44. The van der Waals surface area contributed by atoms with Gasteiger partial charge in [0.05, 0.1) is 6.20 Å². The average Bonchev–Trinajstić information content (AvgIpc) is 2.53. The van der Waals surface area contributed by atoms with E-state index in [1.54, 1.807) is 48.6 Å². The summed E-state index contributed by atoms with van der Waals surface area (Å²) in [4.78, 5) is 17.8. The number of hydrogen-bond acceptors (Lipinski definition) is 4. The first-order valence-corrected chi connectivity index (χ1v) is 6.78. The quantitative estimate of drug-likeness (QED) is 0.863. The van der Waals surface area contributed by atoms with E-state index in [4.69, 9.17) is 4.74 Å².